The third-order valence-electron chi connectivity index (χ3n) is 2.43. The van der Waals surface area contributed by atoms with Crippen LogP contribution >= 0.6 is 0 Å². The van der Waals surface area contributed by atoms with E-state index in [2.05, 4.69) is 4.98 Å². The Morgan fingerprint density at radius 3 is 2.67 bits per heavy atom. The summed E-state index contributed by atoms with van der Waals surface area (Å²) < 4.78 is 1.51. The number of hydrogen-bond donors (Lipinski definition) is 0. The molecule has 1 atom stereocenters. The minimum atomic E-state index is -0.139. The van der Waals surface area contributed by atoms with Gasteiger partial charge >= 0.3 is 0 Å². The standard InChI is InChI=1S/C12H12N2O/c1-10(11-5-3-2-4-6-11)12(15)14-8-7-13-9-14/h2-10H,1H3/t10-/m0/s1. The summed E-state index contributed by atoms with van der Waals surface area (Å²) in [7, 11) is 0. The molecule has 0 amide bonds. The van der Waals surface area contributed by atoms with Crippen LogP contribution in [0.5, 0.6) is 0 Å². The summed E-state index contributed by atoms with van der Waals surface area (Å²) in [6.07, 6.45) is 4.80. The van der Waals surface area contributed by atoms with Crippen molar-refractivity contribution in [3.63, 3.8) is 0 Å². The van der Waals surface area contributed by atoms with Gasteiger partial charge in [-0.25, -0.2) is 4.98 Å². The lowest BCUT2D eigenvalue weighted by Gasteiger charge is -2.10. The molecule has 0 saturated carbocycles. The molecule has 0 radical (unpaired) electrons. The minimum absolute atomic E-state index is 0.0405. The van der Waals surface area contributed by atoms with E-state index >= 15 is 0 Å². The van der Waals surface area contributed by atoms with Crippen LogP contribution in [0, 0.1) is 0 Å². The third kappa shape index (κ3) is 1.96. The Balaban J connectivity index is 2.23. The van der Waals surface area contributed by atoms with Crippen molar-refractivity contribution in [1.29, 1.82) is 0 Å². The number of aromatic nitrogens is 2. The van der Waals surface area contributed by atoms with E-state index in [1.54, 1.807) is 12.4 Å². The molecule has 2 aromatic rings. The number of nitrogens with zero attached hydrogens (tertiary/aromatic N) is 2. The van der Waals surface area contributed by atoms with Gasteiger partial charge in [-0.15, -0.1) is 0 Å². The number of imidazole rings is 1. The van der Waals surface area contributed by atoms with Crippen molar-refractivity contribution in [1.82, 2.24) is 9.55 Å². The summed E-state index contributed by atoms with van der Waals surface area (Å²) in [6.45, 7) is 1.90. The molecule has 0 aliphatic carbocycles. The number of carbonyl (C=O) groups excluding carboxylic acids is 1. The highest BCUT2D eigenvalue weighted by Gasteiger charge is 2.15. The predicted molar refractivity (Wildman–Crippen MR) is 57.7 cm³/mol. The maximum absolute atomic E-state index is 11.9. The van der Waals surface area contributed by atoms with Crippen LogP contribution in [0.2, 0.25) is 0 Å². The van der Waals surface area contributed by atoms with Gasteiger partial charge in [0.15, 0.2) is 0 Å². The van der Waals surface area contributed by atoms with Gasteiger partial charge in [-0.3, -0.25) is 9.36 Å². The van der Waals surface area contributed by atoms with E-state index in [4.69, 9.17) is 0 Å². The van der Waals surface area contributed by atoms with E-state index < -0.39 is 0 Å². The van der Waals surface area contributed by atoms with Crippen LogP contribution in [-0.2, 0) is 0 Å². The van der Waals surface area contributed by atoms with Gasteiger partial charge < -0.3 is 0 Å². The van der Waals surface area contributed by atoms with Crippen molar-refractivity contribution >= 4 is 5.91 Å². The summed E-state index contributed by atoms with van der Waals surface area (Å²) in [4.78, 5) is 15.8. The van der Waals surface area contributed by atoms with E-state index in [1.165, 1.54) is 10.9 Å². The molecule has 0 aliphatic heterocycles. The summed E-state index contributed by atoms with van der Waals surface area (Å²) >= 11 is 0. The molecule has 3 heteroatoms. The summed E-state index contributed by atoms with van der Waals surface area (Å²) in [5.41, 5.74) is 1.02. The smallest absolute Gasteiger partial charge is 0.239 e. The molecule has 76 valence electrons. The maximum atomic E-state index is 11.9. The first-order chi connectivity index (χ1) is 7.29. The molecule has 3 nitrogen and oxygen atoms in total. The Morgan fingerprint density at radius 2 is 2.07 bits per heavy atom. The van der Waals surface area contributed by atoms with Gasteiger partial charge in [-0.1, -0.05) is 30.3 Å². The Hall–Kier alpha value is -1.90. The van der Waals surface area contributed by atoms with Crippen LogP contribution in [0.1, 0.15) is 23.2 Å². The third-order valence-corrected chi connectivity index (χ3v) is 2.43. The zero-order valence-electron chi connectivity index (χ0n) is 8.50. The second kappa shape index (κ2) is 4.09. The molecular formula is C12H12N2O. The largest absolute Gasteiger partial charge is 0.276 e. The monoisotopic (exact) mass is 200 g/mol. The zero-order valence-corrected chi connectivity index (χ0v) is 8.50. The molecule has 1 heterocycles. The Labute approximate surface area is 88.4 Å². The van der Waals surface area contributed by atoms with Crippen molar-refractivity contribution < 1.29 is 4.79 Å². The molecule has 0 spiro atoms. The van der Waals surface area contributed by atoms with Crippen LogP contribution in [0.15, 0.2) is 49.1 Å². The van der Waals surface area contributed by atoms with E-state index in [0.717, 1.165) is 5.56 Å². The van der Waals surface area contributed by atoms with Crippen molar-refractivity contribution in [2.45, 2.75) is 12.8 Å². The first-order valence-corrected chi connectivity index (χ1v) is 4.86. The van der Waals surface area contributed by atoms with Gasteiger partial charge in [-0.2, -0.15) is 0 Å². The second-order valence-corrected chi connectivity index (χ2v) is 3.44. The zero-order chi connectivity index (χ0) is 10.7. The molecule has 0 unspecified atom stereocenters. The molecule has 1 aromatic heterocycles. The minimum Gasteiger partial charge on any atom is -0.276 e. The molecule has 0 saturated heterocycles. The van der Waals surface area contributed by atoms with Gasteiger partial charge in [0.2, 0.25) is 5.91 Å². The molecule has 15 heavy (non-hydrogen) atoms. The summed E-state index contributed by atoms with van der Waals surface area (Å²) in [5, 5.41) is 0. The highest BCUT2D eigenvalue weighted by atomic mass is 16.2. The van der Waals surface area contributed by atoms with E-state index in [9.17, 15) is 4.79 Å². The fourth-order valence-corrected chi connectivity index (χ4v) is 1.50. The van der Waals surface area contributed by atoms with Gasteiger partial charge in [0.05, 0.1) is 5.92 Å². The SMILES string of the molecule is C[C@H](C(=O)n1ccnc1)c1ccccc1. The highest BCUT2D eigenvalue weighted by molar-refractivity contribution is 5.85. The van der Waals surface area contributed by atoms with Crippen molar-refractivity contribution in [2.24, 2.45) is 0 Å². The Bertz CT molecular complexity index is 434. The van der Waals surface area contributed by atoms with Crippen LogP contribution in [0.25, 0.3) is 0 Å². The van der Waals surface area contributed by atoms with E-state index in [1.807, 2.05) is 37.3 Å². The lowest BCUT2D eigenvalue weighted by atomic mass is 10.0. The lowest BCUT2D eigenvalue weighted by molar-refractivity contribution is 0.0884. The first-order valence-electron chi connectivity index (χ1n) is 4.86. The van der Waals surface area contributed by atoms with Gasteiger partial charge in [0.1, 0.15) is 6.33 Å². The van der Waals surface area contributed by atoms with Gasteiger partial charge in [0.25, 0.3) is 0 Å². The molecule has 1 aromatic carbocycles. The van der Waals surface area contributed by atoms with Crippen LogP contribution < -0.4 is 0 Å². The fourth-order valence-electron chi connectivity index (χ4n) is 1.50. The highest BCUT2D eigenvalue weighted by Crippen LogP contribution is 2.16. The number of benzene rings is 1. The number of hydrogen-bond acceptors (Lipinski definition) is 2. The van der Waals surface area contributed by atoms with Crippen LogP contribution in [0.3, 0.4) is 0 Å². The summed E-state index contributed by atoms with van der Waals surface area (Å²) in [5.74, 6) is -0.0981. The van der Waals surface area contributed by atoms with Gasteiger partial charge in [-0.05, 0) is 12.5 Å². The van der Waals surface area contributed by atoms with E-state index in [0.29, 0.717) is 0 Å². The normalized spacial score (nSPS) is 12.3. The molecule has 0 fully saturated rings. The van der Waals surface area contributed by atoms with Crippen LogP contribution in [-0.4, -0.2) is 15.5 Å². The van der Waals surface area contributed by atoms with Crippen LogP contribution in [0.4, 0.5) is 0 Å². The molecule has 0 N–H and O–H groups in total. The van der Waals surface area contributed by atoms with E-state index in [-0.39, 0.29) is 11.8 Å². The lowest BCUT2D eigenvalue weighted by Crippen LogP contribution is -2.16. The predicted octanol–water partition coefficient (Wildman–Crippen LogP) is 2.33. The molecule has 2 rings (SSSR count). The second-order valence-electron chi connectivity index (χ2n) is 3.44. The van der Waals surface area contributed by atoms with Crippen molar-refractivity contribution in [3.8, 4) is 0 Å². The summed E-state index contributed by atoms with van der Waals surface area (Å²) in [6, 6.07) is 9.73. The molecular weight excluding hydrogens is 188 g/mol. The quantitative estimate of drug-likeness (QED) is 0.745. The maximum Gasteiger partial charge on any atom is 0.239 e. The first kappa shape index (κ1) is 9.65. The Kier molecular flexibility index (Phi) is 2.63. The van der Waals surface area contributed by atoms with Gasteiger partial charge in [0, 0.05) is 12.4 Å². The topological polar surface area (TPSA) is 34.9 Å². The number of carbonyl (C=O) groups is 1. The average molecular weight is 200 g/mol. The van der Waals surface area contributed by atoms with Crippen molar-refractivity contribution in [3.05, 3.63) is 54.6 Å². The number of rotatable bonds is 2. The fraction of sp³-hybridized carbons (Fsp3) is 0.167. The molecule has 0 aliphatic rings. The van der Waals surface area contributed by atoms with Crippen molar-refractivity contribution in [2.75, 3.05) is 0 Å². The average Bonchev–Trinajstić information content (AvgIpc) is 2.82. The Morgan fingerprint density at radius 1 is 1.33 bits per heavy atom. The molecule has 0 bridgehead atoms.